The van der Waals surface area contributed by atoms with Crippen LogP contribution in [-0.4, -0.2) is 21.9 Å². The minimum absolute atomic E-state index is 0.0318. The van der Waals surface area contributed by atoms with Crippen LogP contribution in [0.25, 0.3) is 21.8 Å². The van der Waals surface area contributed by atoms with E-state index in [1.165, 1.54) is 0 Å². The van der Waals surface area contributed by atoms with Crippen LogP contribution in [0.5, 0.6) is 0 Å². The second kappa shape index (κ2) is 3.90. The van der Waals surface area contributed by atoms with Crippen LogP contribution in [-0.2, 0) is 9.59 Å². The van der Waals surface area contributed by atoms with Crippen molar-refractivity contribution < 1.29 is 9.59 Å². The lowest BCUT2D eigenvalue weighted by Gasteiger charge is -2.00. The van der Waals surface area contributed by atoms with Gasteiger partial charge in [0.25, 0.3) is 0 Å². The molecule has 2 heterocycles. The first-order chi connectivity index (χ1) is 8.83. The topological polar surface area (TPSA) is 59.9 Å². The van der Waals surface area contributed by atoms with Gasteiger partial charge < -0.3 is 0 Å². The number of fused-ring (bicyclic) bond motifs is 3. The standard InChI is InChI=1S/C14H6N2O2/c17-7-11-6-10-4-3-9-2-1-5-15-13(9)14(10)16-12(11)8-18/h1-6H. The fourth-order valence-electron chi connectivity index (χ4n) is 1.93. The maximum atomic E-state index is 10.8. The van der Waals surface area contributed by atoms with Gasteiger partial charge in [-0.05, 0) is 12.1 Å². The van der Waals surface area contributed by atoms with Crippen molar-refractivity contribution in [1.29, 1.82) is 0 Å². The largest absolute Gasteiger partial charge is 0.254 e. The van der Waals surface area contributed by atoms with E-state index in [1.807, 2.05) is 24.3 Å². The maximum absolute atomic E-state index is 10.8. The highest BCUT2D eigenvalue weighted by Crippen LogP contribution is 2.19. The molecule has 4 nitrogen and oxygen atoms in total. The van der Waals surface area contributed by atoms with Gasteiger partial charge in [-0.25, -0.2) is 14.6 Å². The molecule has 2 aromatic heterocycles. The Morgan fingerprint density at radius 3 is 2.56 bits per heavy atom. The van der Waals surface area contributed by atoms with E-state index in [9.17, 15) is 9.59 Å². The molecule has 18 heavy (non-hydrogen) atoms. The molecule has 0 N–H and O–H groups in total. The Hall–Kier alpha value is -2.80. The third-order valence-corrected chi connectivity index (χ3v) is 2.76. The molecule has 0 amide bonds. The maximum Gasteiger partial charge on any atom is 0.166 e. The van der Waals surface area contributed by atoms with Crippen LogP contribution in [0.2, 0.25) is 0 Å². The highest BCUT2D eigenvalue weighted by atomic mass is 16.1. The summed E-state index contributed by atoms with van der Waals surface area (Å²) in [5.41, 5.74) is 1.29. The van der Waals surface area contributed by atoms with Gasteiger partial charge in [0.1, 0.15) is 5.94 Å². The van der Waals surface area contributed by atoms with E-state index in [0.717, 1.165) is 10.8 Å². The van der Waals surface area contributed by atoms with Gasteiger partial charge in [0.05, 0.1) is 16.3 Å². The first-order valence-electron chi connectivity index (χ1n) is 5.28. The van der Waals surface area contributed by atoms with Gasteiger partial charge in [-0.3, -0.25) is 4.98 Å². The lowest BCUT2D eigenvalue weighted by atomic mass is 10.1. The van der Waals surface area contributed by atoms with Crippen LogP contribution < -0.4 is 10.6 Å². The first kappa shape index (κ1) is 10.4. The van der Waals surface area contributed by atoms with Gasteiger partial charge in [0, 0.05) is 17.0 Å². The van der Waals surface area contributed by atoms with Crippen LogP contribution in [0, 0.1) is 0 Å². The smallest absolute Gasteiger partial charge is 0.166 e. The summed E-state index contributed by atoms with van der Waals surface area (Å²) in [7, 11) is 0. The molecule has 0 atom stereocenters. The Labute approximate surface area is 101 Å². The molecule has 0 fully saturated rings. The van der Waals surface area contributed by atoms with Crippen LogP contribution in [0.1, 0.15) is 0 Å². The molecule has 0 aliphatic heterocycles. The van der Waals surface area contributed by atoms with Gasteiger partial charge in [0.2, 0.25) is 0 Å². The molecule has 0 aliphatic carbocycles. The fraction of sp³-hybridized carbons (Fsp3) is 0. The number of nitrogens with zero attached hydrogens (tertiary/aromatic N) is 2. The molecule has 3 rings (SSSR count). The van der Waals surface area contributed by atoms with Crippen LogP contribution in [0.15, 0.2) is 36.5 Å². The molecule has 0 bridgehead atoms. The Morgan fingerprint density at radius 1 is 0.944 bits per heavy atom. The van der Waals surface area contributed by atoms with E-state index in [1.54, 1.807) is 24.1 Å². The Balaban J connectivity index is 2.68. The van der Waals surface area contributed by atoms with Crippen molar-refractivity contribution in [2.24, 2.45) is 0 Å². The summed E-state index contributed by atoms with van der Waals surface area (Å²) in [4.78, 5) is 29.9. The van der Waals surface area contributed by atoms with Crippen molar-refractivity contribution in [3.63, 3.8) is 0 Å². The van der Waals surface area contributed by atoms with Gasteiger partial charge in [-0.15, -0.1) is 0 Å². The quantitative estimate of drug-likeness (QED) is 0.505. The summed E-state index contributed by atoms with van der Waals surface area (Å²) in [6.07, 6.45) is 1.66. The Morgan fingerprint density at radius 2 is 1.78 bits per heavy atom. The van der Waals surface area contributed by atoms with Crippen molar-refractivity contribution >= 4 is 33.7 Å². The van der Waals surface area contributed by atoms with Crippen molar-refractivity contribution in [1.82, 2.24) is 9.97 Å². The number of aromatic nitrogens is 2. The van der Waals surface area contributed by atoms with E-state index >= 15 is 0 Å². The van der Waals surface area contributed by atoms with Gasteiger partial charge in [-0.2, -0.15) is 0 Å². The van der Waals surface area contributed by atoms with E-state index in [4.69, 9.17) is 0 Å². The molecule has 0 unspecified atom stereocenters. The highest BCUT2D eigenvalue weighted by molar-refractivity contribution is 6.02. The molecular weight excluding hydrogens is 228 g/mol. The second-order valence-electron chi connectivity index (χ2n) is 3.80. The van der Waals surface area contributed by atoms with E-state index in [2.05, 4.69) is 9.97 Å². The van der Waals surface area contributed by atoms with Crippen LogP contribution in [0.4, 0.5) is 0 Å². The Bertz CT molecular complexity index is 937. The number of pyridine rings is 2. The monoisotopic (exact) mass is 234 g/mol. The zero-order valence-electron chi connectivity index (χ0n) is 9.18. The van der Waals surface area contributed by atoms with Gasteiger partial charge in [-0.1, -0.05) is 18.2 Å². The summed E-state index contributed by atoms with van der Waals surface area (Å²) in [5, 5.41) is 1.76. The third kappa shape index (κ3) is 1.42. The van der Waals surface area contributed by atoms with E-state index in [-0.39, 0.29) is 10.6 Å². The van der Waals surface area contributed by atoms with E-state index < -0.39 is 0 Å². The van der Waals surface area contributed by atoms with Crippen molar-refractivity contribution in [3.05, 3.63) is 47.1 Å². The Kier molecular flexibility index (Phi) is 2.24. The lowest BCUT2D eigenvalue weighted by Crippen LogP contribution is -2.30. The van der Waals surface area contributed by atoms with Crippen molar-refractivity contribution in [3.8, 4) is 0 Å². The average Bonchev–Trinajstić information content (AvgIpc) is 2.45. The molecule has 0 spiro atoms. The van der Waals surface area contributed by atoms with Crippen LogP contribution in [0.3, 0.4) is 0 Å². The molecule has 4 heteroatoms. The lowest BCUT2D eigenvalue weighted by molar-refractivity contribution is 0.563. The van der Waals surface area contributed by atoms with E-state index in [0.29, 0.717) is 11.0 Å². The fourth-order valence-corrected chi connectivity index (χ4v) is 1.93. The highest BCUT2D eigenvalue weighted by Gasteiger charge is 2.03. The van der Waals surface area contributed by atoms with Gasteiger partial charge >= 0.3 is 0 Å². The number of hydrogen-bond donors (Lipinski definition) is 0. The zero-order chi connectivity index (χ0) is 12.5. The normalized spacial score (nSPS) is 10.2. The molecule has 0 saturated heterocycles. The van der Waals surface area contributed by atoms with Crippen molar-refractivity contribution in [2.45, 2.75) is 0 Å². The molecule has 84 valence electrons. The minimum Gasteiger partial charge on any atom is -0.254 e. The second-order valence-corrected chi connectivity index (χ2v) is 3.80. The minimum atomic E-state index is -0.0318. The molecule has 0 saturated carbocycles. The molecular formula is C14H6N2O2. The third-order valence-electron chi connectivity index (χ3n) is 2.76. The van der Waals surface area contributed by atoms with Gasteiger partial charge in [0.15, 0.2) is 11.3 Å². The number of benzene rings is 1. The average molecular weight is 234 g/mol. The predicted molar refractivity (Wildman–Crippen MR) is 65.9 cm³/mol. The molecule has 3 aromatic rings. The number of carbonyl (C=O) groups excluding carboxylic acids is 2. The number of hydrogen-bond acceptors (Lipinski definition) is 4. The molecule has 1 aromatic carbocycles. The zero-order valence-corrected chi connectivity index (χ0v) is 9.18. The summed E-state index contributed by atoms with van der Waals surface area (Å²) in [6.45, 7) is 0. The van der Waals surface area contributed by atoms with Crippen molar-refractivity contribution in [2.75, 3.05) is 0 Å². The predicted octanol–water partition coefficient (Wildman–Crippen LogP) is -0.211. The summed E-state index contributed by atoms with van der Waals surface area (Å²) < 4.78 is 0. The first-order valence-corrected chi connectivity index (χ1v) is 5.28. The SMILES string of the molecule is O=C=c1cc2ccc3cccnc3c2nc1=C=O. The summed E-state index contributed by atoms with van der Waals surface area (Å²) in [6, 6.07) is 9.04. The summed E-state index contributed by atoms with van der Waals surface area (Å²) >= 11 is 0. The molecule has 0 aliphatic rings. The number of rotatable bonds is 0. The van der Waals surface area contributed by atoms with Crippen LogP contribution >= 0.6 is 0 Å². The molecule has 0 radical (unpaired) electrons. The summed E-state index contributed by atoms with van der Waals surface area (Å²) in [5.74, 6) is 3.34.